The molecule has 0 aliphatic carbocycles. The van der Waals surface area contributed by atoms with E-state index >= 15 is 0 Å². The number of hydrogen-bond donors (Lipinski definition) is 2. The Kier molecular flexibility index (Phi) is 10.4. The second-order valence-corrected chi connectivity index (χ2v) is 16.5. The highest BCUT2D eigenvalue weighted by molar-refractivity contribution is 6.10. The van der Waals surface area contributed by atoms with Crippen molar-refractivity contribution in [3.05, 3.63) is 180 Å². The minimum absolute atomic E-state index is 0.202. The lowest BCUT2D eigenvalue weighted by Gasteiger charge is -2.19. The molecule has 0 radical (unpaired) electrons. The molecule has 312 valence electrons. The number of benzene rings is 8. The second kappa shape index (κ2) is 16.4. The van der Waals surface area contributed by atoms with E-state index in [1.54, 1.807) is 0 Å². The lowest BCUT2D eigenvalue weighted by molar-refractivity contribution is 0.248. The van der Waals surface area contributed by atoms with E-state index in [4.69, 9.17) is 9.47 Å². The van der Waals surface area contributed by atoms with Gasteiger partial charge in [-0.1, -0.05) is 111 Å². The zero-order valence-electron chi connectivity index (χ0n) is 36.2. The molecule has 6 heteroatoms. The van der Waals surface area contributed by atoms with Gasteiger partial charge in [0.2, 0.25) is 0 Å². The van der Waals surface area contributed by atoms with Crippen LogP contribution in [0.3, 0.4) is 0 Å². The Morgan fingerprint density at radius 3 is 1.11 bits per heavy atom. The third-order valence-corrected chi connectivity index (χ3v) is 12.4. The van der Waals surface area contributed by atoms with Crippen molar-refractivity contribution in [2.24, 2.45) is 0 Å². The van der Waals surface area contributed by atoms with Gasteiger partial charge in [-0.3, -0.25) is 0 Å². The first kappa shape index (κ1) is 39.7. The predicted molar refractivity (Wildman–Crippen MR) is 260 cm³/mol. The summed E-state index contributed by atoms with van der Waals surface area (Å²) in [4.78, 5) is 0. The maximum Gasteiger partial charge on any atom is 0.147 e. The van der Waals surface area contributed by atoms with Gasteiger partial charge in [0, 0.05) is 50.2 Å². The van der Waals surface area contributed by atoms with Gasteiger partial charge in [0.25, 0.3) is 0 Å². The van der Waals surface area contributed by atoms with Gasteiger partial charge in [0.1, 0.15) is 23.0 Å². The van der Waals surface area contributed by atoms with E-state index < -0.39 is 0 Å². The molecule has 0 unspecified atom stereocenters. The molecule has 0 bridgehead atoms. The molecule has 0 spiro atoms. The SMILES string of the molecule is CCc1ccc(-c2cc(C)cc(-n3c4ccccc4c4ccccc43)c2O)c(OCCCOc2cc(CC)ccc2-c2cc(C)cc(-n3c4ccccc4c4ccccc43)c2O)c1. The number of ether oxygens (including phenoxy) is 2. The van der Waals surface area contributed by atoms with Gasteiger partial charge in [0.15, 0.2) is 0 Å². The summed E-state index contributed by atoms with van der Waals surface area (Å²) in [5.41, 5.74) is 13.1. The lowest BCUT2D eigenvalue weighted by Crippen LogP contribution is -2.07. The van der Waals surface area contributed by atoms with Crippen molar-refractivity contribution >= 4 is 43.6 Å². The maximum absolute atomic E-state index is 12.2. The Balaban J connectivity index is 0.940. The zero-order valence-corrected chi connectivity index (χ0v) is 36.2. The quantitative estimate of drug-likeness (QED) is 0.120. The van der Waals surface area contributed by atoms with E-state index in [1.165, 1.54) is 0 Å². The van der Waals surface area contributed by atoms with Crippen molar-refractivity contribution in [1.29, 1.82) is 0 Å². The number of phenols is 2. The summed E-state index contributed by atoms with van der Waals surface area (Å²) in [5.74, 6) is 1.85. The molecule has 2 N–H and O–H groups in total. The molecular formula is C57H50N2O4. The molecule has 0 atom stereocenters. The summed E-state index contributed by atoms with van der Waals surface area (Å²) in [6.45, 7) is 9.23. The average Bonchev–Trinajstić information content (AvgIpc) is 3.83. The number of para-hydroxylation sites is 4. The van der Waals surface area contributed by atoms with Crippen LogP contribution in [-0.2, 0) is 12.8 Å². The van der Waals surface area contributed by atoms with E-state index in [9.17, 15) is 10.2 Å². The van der Waals surface area contributed by atoms with E-state index in [1.807, 2.05) is 36.4 Å². The van der Waals surface area contributed by atoms with Crippen molar-refractivity contribution in [1.82, 2.24) is 9.13 Å². The first-order valence-corrected chi connectivity index (χ1v) is 22.0. The molecule has 10 rings (SSSR count). The predicted octanol–water partition coefficient (Wildman–Crippen LogP) is 14.2. The maximum atomic E-state index is 12.2. The van der Waals surface area contributed by atoms with Crippen LogP contribution < -0.4 is 9.47 Å². The van der Waals surface area contributed by atoms with Crippen LogP contribution >= 0.6 is 0 Å². The summed E-state index contributed by atoms with van der Waals surface area (Å²) >= 11 is 0. The number of fused-ring (bicyclic) bond motifs is 6. The molecule has 2 aromatic heterocycles. The van der Waals surface area contributed by atoms with E-state index in [0.717, 1.165) is 124 Å². The van der Waals surface area contributed by atoms with Crippen LogP contribution in [0.25, 0.3) is 77.2 Å². The van der Waals surface area contributed by atoms with E-state index in [0.29, 0.717) is 19.6 Å². The Bertz CT molecular complexity index is 3020. The van der Waals surface area contributed by atoms with Crippen LogP contribution in [-0.4, -0.2) is 32.6 Å². The average molecular weight is 827 g/mol. The van der Waals surface area contributed by atoms with Gasteiger partial charge < -0.3 is 28.8 Å². The minimum Gasteiger partial charge on any atom is -0.505 e. The molecule has 8 aromatic carbocycles. The minimum atomic E-state index is 0.202. The van der Waals surface area contributed by atoms with Crippen LogP contribution in [0.1, 0.15) is 42.5 Å². The van der Waals surface area contributed by atoms with Crippen LogP contribution in [0, 0.1) is 13.8 Å². The van der Waals surface area contributed by atoms with Crippen molar-refractivity contribution < 1.29 is 19.7 Å². The fraction of sp³-hybridized carbons (Fsp3) is 0.158. The Morgan fingerprint density at radius 1 is 0.413 bits per heavy atom. The first-order chi connectivity index (χ1) is 30.8. The van der Waals surface area contributed by atoms with Crippen molar-refractivity contribution in [2.45, 2.75) is 47.0 Å². The molecule has 0 aliphatic heterocycles. The molecule has 63 heavy (non-hydrogen) atoms. The highest BCUT2D eigenvalue weighted by atomic mass is 16.5. The first-order valence-electron chi connectivity index (χ1n) is 22.0. The summed E-state index contributed by atoms with van der Waals surface area (Å²) in [5, 5.41) is 28.9. The number of rotatable bonds is 12. The smallest absolute Gasteiger partial charge is 0.147 e. The molecule has 0 saturated heterocycles. The molecule has 6 nitrogen and oxygen atoms in total. The van der Waals surface area contributed by atoms with Gasteiger partial charge in [-0.05, 0) is 110 Å². The van der Waals surface area contributed by atoms with Crippen LogP contribution in [0.2, 0.25) is 0 Å². The number of aromatic nitrogens is 2. The van der Waals surface area contributed by atoms with Crippen molar-refractivity contribution in [2.75, 3.05) is 13.2 Å². The molecule has 0 saturated carbocycles. The Labute approximate surface area is 367 Å². The zero-order chi connectivity index (χ0) is 43.2. The fourth-order valence-electron chi connectivity index (χ4n) is 9.32. The number of aryl methyl sites for hydroxylation is 4. The van der Waals surface area contributed by atoms with Crippen LogP contribution in [0.4, 0.5) is 0 Å². The van der Waals surface area contributed by atoms with Gasteiger partial charge in [-0.2, -0.15) is 0 Å². The van der Waals surface area contributed by atoms with Crippen molar-refractivity contribution in [3.8, 4) is 56.6 Å². The lowest BCUT2D eigenvalue weighted by atomic mass is 9.98. The van der Waals surface area contributed by atoms with Crippen molar-refractivity contribution in [3.63, 3.8) is 0 Å². The third kappa shape index (κ3) is 7.02. The third-order valence-electron chi connectivity index (χ3n) is 12.4. The summed E-state index contributed by atoms with van der Waals surface area (Å²) in [7, 11) is 0. The largest absolute Gasteiger partial charge is 0.505 e. The van der Waals surface area contributed by atoms with Gasteiger partial charge in [-0.25, -0.2) is 0 Å². The van der Waals surface area contributed by atoms with Gasteiger partial charge in [0.05, 0.1) is 46.7 Å². The van der Waals surface area contributed by atoms with E-state index in [2.05, 4.69) is 158 Å². The number of nitrogens with zero attached hydrogens (tertiary/aromatic N) is 2. The fourth-order valence-corrected chi connectivity index (χ4v) is 9.32. The molecule has 0 aliphatic rings. The van der Waals surface area contributed by atoms with E-state index in [-0.39, 0.29) is 11.5 Å². The summed E-state index contributed by atoms with van der Waals surface area (Å²) in [6, 6.07) is 54.1. The number of aromatic hydroxyl groups is 2. The molecular weight excluding hydrogens is 777 g/mol. The number of hydrogen-bond acceptors (Lipinski definition) is 4. The Hall–Kier alpha value is -7.44. The second-order valence-electron chi connectivity index (χ2n) is 16.5. The molecule has 2 heterocycles. The Morgan fingerprint density at radius 2 is 0.762 bits per heavy atom. The van der Waals surface area contributed by atoms with Crippen LogP contribution in [0.15, 0.2) is 158 Å². The van der Waals surface area contributed by atoms with Gasteiger partial charge in [-0.15, -0.1) is 0 Å². The molecule has 10 aromatic rings. The normalized spacial score (nSPS) is 11.6. The standard InChI is InChI=1S/C57H50N2O4/c1-5-38-24-26-44(46-30-36(3)32-52(56(46)60)58-48-20-11-7-16-40(48)41-17-8-12-21-49(41)58)54(34-38)62-28-15-29-63-55-35-39(6-2)25-27-45(55)47-31-37(4)33-53(57(47)61)59-50-22-13-9-18-42(50)43-19-10-14-23-51(43)59/h7-14,16-27,30-35,60-61H,5-6,15,28-29H2,1-4H3. The summed E-state index contributed by atoms with van der Waals surface area (Å²) in [6.07, 6.45) is 2.32. The van der Waals surface area contributed by atoms with Crippen LogP contribution in [0.5, 0.6) is 23.0 Å². The monoisotopic (exact) mass is 826 g/mol. The van der Waals surface area contributed by atoms with Gasteiger partial charge >= 0.3 is 0 Å². The highest BCUT2D eigenvalue weighted by Crippen LogP contribution is 2.45. The molecule has 0 fully saturated rings. The number of phenolic OH excluding ortho intramolecular Hbond substituents is 2. The highest BCUT2D eigenvalue weighted by Gasteiger charge is 2.22. The topological polar surface area (TPSA) is 68.8 Å². The molecule has 0 amide bonds. The summed E-state index contributed by atoms with van der Waals surface area (Å²) < 4.78 is 17.6.